The van der Waals surface area contributed by atoms with E-state index in [1.807, 2.05) is 6.92 Å². The summed E-state index contributed by atoms with van der Waals surface area (Å²) >= 11 is 5.02. The summed E-state index contributed by atoms with van der Waals surface area (Å²) in [6, 6.07) is 9.96. The Labute approximate surface area is 148 Å². The molecule has 3 aromatic rings. The van der Waals surface area contributed by atoms with Crippen molar-refractivity contribution >= 4 is 35.4 Å². The number of benzene rings is 2. The number of carbonyl (C=O) groups is 1. The van der Waals surface area contributed by atoms with Crippen molar-refractivity contribution < 1.29 is 14.6 Å². The molecule has 3 rings (SSSR count). The maximum absolute atomic E-state index is 12.2. The Morgan fingerprint density at radius 3 is 2.88 bits per heavy atom. The lowest BCUT2D eigenvalue weighted by Gasteiger charge is -2.06. The number of aromatic amines is 2. The minimum absolute atomic E-state index is 0.0557. The van der Waals surface area contributed by atoms with Gasteiger partial charge >= 0.3 is 0 Å². The van der Waals surface area contributed by atoms with Gasteiger partial charge in [-0.3, -0.25) is 4.79 Å². The Morgan fingerprint density at radius 1 is 1.28 bits per heavy atom. The molecular formula is C17H16N4O3S. The summed E-state index contributed by atoms with van der Waals surface area (Å²) in [7, 11) is 0. The predicted octanol–water partition coefficient (Wildman–Crippen LogP) is 3.09. The van der Waals surface area contributed by atoms with E-state index in [2.05, 4.69) is 20.5 Å². The molecule has 128 valence electrons. The molecule has 0 aliphatic rings. The van der Waals surface area contributed by atoms with Crippen LogP contribution < -0.4 is 10.2 Å². The highest BCUT2D eigenvalue weighted by molar-refractivity contribution is 7.71. The van der Waals surface area contributed by atoms with Gasteiger partial charge in [0.25, 0.3) is 5.91 Å². The van der Waals surface area contributed by atoms with Gasteiger partial charge in [-0.25, -0.2) is 5.43 Å². The number of carbonyl (C=O) groups excluding carboxylic acids is 1. The SMILES string of the molecule is CCOc1cc(/C=N\NC(=O)c2ccc3[nH]c(=S)[nH]c3c2)ccc1O. The number of aromatic nitrogens is 2. The summed E-state index contributed by atoms with van der Waals surface area (Å²) in [5.74, 6) is 0.0774. The van der Waals surface area contributed by atoms with Gasteiger partial charge in [0, 0.05) is 5.56 Å². The number of imidazole rings is 1. The molecule has 25 heavy (non-hydrogen) atoms. The van der Waals surface area contributed by atoms with Crippen LogP contribution in [-0.2, 0) is 0 Å². The van der Waals surface area contributed by atoms with Gasteiger partial charge in [-0.15, -0.1) is 0 Å². The van der Waals surface area contributed by atoms with Crippen molar-refractivity contribution in [3.8, 4) is 11.5 Å². The van der Waals surface area contributed by atoms with Crippen molar-refractivity contribution in [2.75, 3.05) is 6.61 Å². The van der Waals surface area contributed by atoms with Crippen molar-refractivity contribution in [2.45, 2.75) is 6.92 Å². The number of ether oxygens (including phenoxy) is 1. The topological polar surface area (TPSA) is 102 Å². The van der Waals surface area contributed by atoms with Crippen LogP contribution in [0.4, 0.5) is 0 Å². The van der Waals surface area contributed by atoms with Crippen LogP contribution in [0, 0.1) is 4.77 Å². The predicted molar refractivity (Wildman–Crippen MR) is 97.8 cm³/mol. The molecule has 4 N–H and O–H groups in total. The van der Waals surface area contributed by atoms with E-state index in [1.54, 1.807) is 30.3 Å². The molecule has 0 unspecified atom stereocenters. The Kier molecular flexibility index (Phi) is 4.80. The lowest BCUT2D eigenvalue weighted by Crippen LogP contribution is -2.17. The molecule has 1 aromatic heterocycles. The van der Waals surface area contributed by atoms with Crippen LogP contribution in [0.15, 0.2) is 41.5 Å². The lowest BCUT2D eigenvalue weighted by atomic mass is 10.2. The third-order valence-electron chi connectivity index (χ3n) is 3.44. The van der Waals surface area contributed by atoms with Crippen LogP contribution in [0.5, 0.6) is 11.5 Å². The number of aromatic hydroxyl groups is 1. The summed E-state index contributed by atoms with van der Waals surface area (Å²) < 4.78 is 5.81. The third-order valence-corrected chi connectivity index (χ3v) is 3.65. The van der Waals surface area contributed by atoms with Crippen molar-refractivity contribution in [3.63, 3.8) is 0 Å². The fourth-order valence-electron chi connectivity index (χ4n) is 2.29. The number of hydrazone groups is 1. The van der Waals surface area contributed by atoms with Crippen LogP contribution in [0.3, 0.4) is 0 Å². The maximum atomic E-state index is 12.2. The molecule has 7 nitrogen and oxygen atoms in total. The van der Waals surface area contributed by atoms with Crippen molar-refractivity contribution in [1.29, 1.82) is 0 Å². The van der Waals surface area contributed by atoms with E-state index in [0.717, 1.165) is 11.0 Å². The van der Waals surface area contributed by atoms with Crippen molar-refractivity contribution in [1.82, 2.24) is 15.4 Å². The standard InChI is InChI=1S/C17H16N4O3S/c1-2-24-15-7-10(3-6-14(15)22)9-18-21-16(23)11-4-5-12-13(8-11)20-17(25)19-12/h3-9,22H,2H2,1H3,(H,21,23)(H2,19,20,25)/b18-9-. The zero-order chi connectivity index (χ0) is 17.8. The Bertz CT molecular complexity index is 1010. The number of phenolic OH excluding ortho intramolecular Hbond substituents is 1. The summed E-state index contributed by atoms with van der Waals surface area (Å²) in [6.45, 7) is 2.27. The minimum Gasteiger partial charge on any atom is -0.504 e. The number of hydrogen-bond acceptors (Lipinski definition) is 5. The van der Waals surface area contributed by atoms with Crippen molar-refractivity contribution in [3.05, 3.63) is 52.3 Å². The number of H-pyrrole nitrogens is 2. The van der Waals surface area contributed by atoms with Crippen molar-refractivity contribution in [2.24, 2.45) is 5.10 Å². The molecule has 0 fully saturated rings. The molecule has 0 saturated heterocycles. The Balaban J connectivity index is 1.71. The first kappa shape index (κ1) is 16.7. The molecule has 0 saturated carbocycles. The fourth-order valence-corrected chi connectivity index (χ4v) is 2.51. The molecule has 0 spiro atoms. The highest BCUT2D eigenvalue weighted by Crippen LogP contribution is 2.26. The van der Waals surface area contributed by atoms with Gasteiger partial charge in [0.1, 0.15) is 0 Å². The van der Waals surface area contributed by atoms with Gasteiger partial charge in [-0.1, -0.05) is 0 Å². The van der Waals surface area contributed by atoms with Crippen LogP contribution in [0.2, 0.25) is 0 Å². The molecule has 2 aromatic carbocycles. The molecule has 0 aliphatic carbocycles. The van der Waals surface area contributed by atoms with E-state index in [4.69, 9.17) is 17.0 Å². The van der Waals surface area contributed by atoms with Crippen LogP contribution >= 0.6 is 12.2 Å². The first-order valence-electron chi connectivity index (χ1n) is 7.58. The minimum atomic E-state index is -0.345. The second-order valence-electron chi connectivity index (χ2n) is 5.20. The molecule has 0 aliphatic heterocycles. The number of phenols is 1. The molecule has 0 atom stereocenters. The number of hydrogen-bond donors (Lipinski definition) is 4. The van der Waals surface area contributed by atoms with Gasteiger partial charge in [-0.2, -0.15) is 5.10 Å². The van der Waals surface area contributed by atoms with E-state index in [-0.39, 0.29) is 11.7 Å². The average Bonchev–Trinajstić information content (AvgIpc) is 2.97. The largest absolute Gasteiger partial charge is 0.504 e. The molecule has 1 amide bonds. The number of amides is 1. The lowest BCUT2D eigenvalue weighted by molar-refractivity contribution is 0.0955. The highest BCUT2D eigenvalue weighted by atomic mass is 32.1. The normalized spacial score (nSPS) is 11.1. The molecule has 0 bridgehead atoms. The Morgan fingerprint density at radius 2 is 2.08 bits per heavy atom. The molecule has 0 radical (unpaired) electrons. The average molecular weight is 356 g/mol. The van der Waals surface area contributed by atoms with Gasteiger partial charge in [0.05, 0.1) is 23.9 Å². The summed E-state index contributed by atoms with van der Waals surface area (Å²) in [4.78, 5) is 18.1. The number of fused-ring (bicyclic) bond motifs is 1. The summed E-state index contributed by atoms with van der Waals surface area (Å²) in [5.41, 5.74) is 5.19. The first-order chi connectivity index (χ1) is 12.1. The molecular weight excluding hydrogens is 340 g/mol. The summed E-state index contributed by atoms with van der Waals surface area (Å²) in [6.07, 6.45) is 1.47. The quantitative estimate of drug-likeness (QED) is 0.320. The van der Waals surface area contributed by atoms with Gasteiger partial charge in [-0.05, 0) is 61.1 Å². The maximum Gasteiger partial charge on any atom is 0.271 e. The first-order valence-corrected chi connectivity index (χ1v) is 7.99. The fraction of sp³-hybridized carbons (Fsp3) is 0.118. The second kappa shape index (κ2) is 7.18. The summed E-state index contributed by atoms with van der Waals surface area (Å²) in [5, 5.41) is 13.6. The van der Waals surface area contributed by atoms with Gasteiger partial charge in [0.2, 0.25) is 0 Å². The van der Waals surface area contributed by atoms with Gasteiger partial charge in [0.15, 0.2) is 16.3 Å². The number of nitrogens with one attached hydrogen (secondary N) is 3. The van der Waals surface area contributed by atoms with E-state index in [0.29, 0.717) is 28.3 Å². The third kappa shape index (κ3) is 3.86. The van der Waals surface area contributed by atoms with E-state index < -0.39 is 0 Å². The molecule has 8 heteroatoms. The smallest absolute Gasteiger partial charge is 0.271 e. The Hall–Kier alpha value is -3.13. The zero-order valence-corrected chi connectivity index (χ0v) is 14.2. The van der Waals surface area contributed by atoms with E-state index in [1.165, 1.54) is 12.3 Å². The van der Waals surface area contributed by atoms with Crippen LogP contribution in [0.1, 0.15) is 22.8 Å². The monoisotopic (exact) mass is 356 g/mol. The molecule has 1 heterocycles. The van der Waals surface area contributed by atoms with Gasteiger partial charge < -0.3 is 19.8 Å². The van der Waals surface area contributed by atoms with Crippen LogP contribution in [-0.4, -0.2) is 33.8 Å². The zero-order valence-electron chi connectivity index (χ0n) is 13.4. The second-order valence-corrected chi connectivity index (χ2v) is 5.61. The highest BCUT2D eigenvalue weighted by Gasteiger charge is 2.07. The van der Waals surface area contributed by atoms with Crippen LogP contribution in [0.25, 0.3) is 11.0 Å². The number of nitrogens with zero attached hydrogens (tertiary/aromatic N) is 1. The number of rotatable bonds is 5. The van der Waals surface area contributed by atoms with E-state index >= 15 is 0 Å². The van der Waals surface area contributed by atoms with E-state index in [9.17, 15) is 9.90 Å².